The molecule has 0 saturated heterocycles. The predicted molar refractivity (Wildman–Crippen MR) is 63.7 cm³/mol. The van der Waals surface area contributed by atoms with Crippen LogP contribution in [0.25, 0.3) is 0 Å². The van der Waals surface area contributed by atoms with E-state index in [1.54, 1.807) is 6.92 Å². The molecule has 0 amide bonds. The molecule has 1 aromatic rings. The van der Waals surface area contributed by atoms with E-state index in [1.807, 2.05) is 0 Å². The predicted octanol–water partition coefficient (Wildman–Crippen LogP) is -0.0478. The third-order valence-corrected chi connectivity index (χ3v) is 4.10. The molecule has 0 aliphatic heterocycles. The molecule has 0 saturated carbocycles. The largest absolute Gasteiger partial charge is 0.409 e. The number of aromatic nitrogens is 1. The van der Waals surface area contributed by atoms with Crippen LogP contribution in [0.3, 0.4) is 0 Å². The van der Waals surface area contributed by atoms with Gasteiger partial charge in [0.2, 0.25) is 10.0 Å². The number of aryl methyl sites for hydroxylation is 2. The maximum atomic E-state index is 12.0. The lowest BCUT2D eigenvalue weighted by atomic mass is 10.2. The van der Waals surface area contributed by atoms with Crippen LogP contribution >= 0.6 is 0 Å². The fraction of sp³-hybridized carbons (Fsp3) is 0.556. The zero-order valence-corrected chi connectivity index (χ0v) is 11.2. The molecule has 0 radical (unpaired) electrons. The lowest BCUT2D eigenvalue weighted by Gasteiger charge is -2.11. The Morgan fingerprint density at radius 1 is 1.61 bits per heavy atom. The van der Waals surface area contributed by atoms with E-state index in [4.69, 9.17) is 15.5 Å². The number of rotatable bonds is 5. The molecule has 0 fully saturated rings. The van der Waals surface area contributed by atoms with Gasteiger partial charge in [0, 0.05) is 12.5 Å². The number of hydrogen-bond acceptors (Lipinski definition) is 6. The standard InChI is InChI=1S/C9H16N4O4S/c1-5(9(10)12-14)4-11-18(15,16)8-6(2)13-17-7(8)3/h5,11,14H,4H2,1-3H3,(H2,10,12). The molecule has 0 aromatic carbocycles. The second-order valence-electron chi connectivity index (χ2n) is 3.93. The molecule has 1 atom stereocenters. The van der Waals surface area contributed by atoms with E-state index < -0.39 is 15.9 Å². The van der Waals surface area contributed by atoms with E-state index in [0.29, 0.717) is 0 Å². The van der Waals surface area contributed by atoms with E-state index in [0.717, 1.165) is 0 Å². The minimum atomic E-state index is -3.71. The molecule has 8 nitrogen and oxygen atoms in total. The maximum Gasteiger partial charge on any atom is 0.245 e. The number of nitrogens with one attached hydrogen (secondary N) is 1. The van der Waals surface area contributed by atoms with Gasteiger partial charge in [0.25, 0.3) is 0 Å². The van der Waals surface area contributed by atoms with Gasteiger partial charge in [-0.25, -0.2) is 13.1 Å². The summed E-state index contributed by atoms with van der Waals surface area (Å²) in [6, 6.07) is 0. The van der Waals surface area contributed by atoms with Crippen LogP contribution < -0.4 is 10.5 Å². The van der Waals surface area contributed by atoms with Crippen molar-refractivity contribution in [3.8, 4) is 0 Å². The first-order valence-corrected chi connectivity index (χ1v) is 6.68. The zero-order valence-electron chi connectivity index (χ0n) is 10.3. The summed E-state index contributed by atoms with van der Waals surface area (Å²) < 4.78 is 31.1. The average Bonchev–Trinajstić information content (AvgIpc) is 2.65. The van der Waals surface area contributed by atoms with Crippen LogP contribution in [0.2, 0.25) is 0 Å². The van der Waals surface area contributed by atoms with Crippen LogP contribution in [0.1, 0.15) is 18.4 Å². The highest BCUT2D eigenvalue weighted by Gasteiger charge is 2.24. The van der Waals surface area contributed by atoms with Crippen molar-refractivity contribution in [3.05, 3.63) is 11.5 Å². The minimum Gasteiger partial charge on any atom is -0.409 e. The average molecular weight is 276 g/mol. The Bertz CT molecular complexity index is 529. The fourth-order valence-electron chi connectivity index (χ4n) is 1.37. The Morgan fingerprint density at radius 3 is 2.67 bits per heavy atom. The Kier molecular flexibility index (Phi) is 4.30. The normalized spacial score (nSPS) is 14.7. The van der Waals surface area contributed by atoms with Gasteiger partial charge in [0.05, 0.1) is 0 Å². The van der Waals surface area contributed by atoms with Gasteiger partial charge in [-0.3, -0.25) is 0 Å². The van der Waals surface area contributed by atoms with Crippen molar-refractivity contribution >= 4 is 15.9 Å². The third-order valence-electron chi connectivity index (χ3n) is 2.44. The number of nitrogens with zero attached hydrogens (tertiary/aromatic N) is 2. The first-order chi connectivity index (χ1) is 8.29. The molecule has 18 heavy (non-hydrogen) atoms. The molecule has 1 heterocycles. The molecule has 4 N–H and O–H groups in total. The number of amidine groups is 1. The number of sulfonamides is 1. The van der Waals surface area contributed by atoms with Crippen LogP contribution in [0, 0.1) is 19.8 Å². The third kappa shape index (κ3) is 2.99. The number of oxime groups is 1. The smallest absolute Gasteiger partial charge is 0.245 e. The van der Waals surface area contributed by atoms with Crippen molar-refractivity contribution in [2.45, 2.75) is 25.7 Å². The van der Waals surface area contributed by atoms with Crippen LogP contribution in [0.4, 0.5) is 0 Å². The van der Waals surface area contributed by atoms with Crippen LogP contribution in [-0.4, -0.2) is 31.2 Å². The first-order valence-electron chi connectivity index (χ1n) is 5.19. The monoisotopic (exact) mass is 276 g/mol. The van der Waals surface area contributed by atoms with E-state index >= 15 is 0 Å². The summed E-state index contributed by atoms with van der Waals surface area (Å²) >= 11 is 0. The Balaban J connectivity index is 2.85. The molecule has 1 rings (SSSR count). The number of hydrogen-bond donors (Lipinski definition) is 3. The first kappa shape index (κ1) is 14.5. The van der Waals surface area contributed by atoms with Gasteiger partial charge in [-0.1, -0.05) is 17.2 Å². The highest BCUT2D eigenvalue weighted by Crippen LogP contribution is 2.18. The van der Waals surface area contributed by atoms with Gasteiger partial charge in [0.1, 0.15) is 16.4 Å². The molecule has 0 spiro atoms. The van der Waals surface area contributed by atoms with Gasteiger partial charge < -0.3 is 15.5 Å². The molecular formula is C9H16N4O4S. The minimum absolute atomic E-state index is 0.0162. The second-order valence-corrected chi connectivity index (χ2v) is 5.63. The van der Waals surface area contributed by atoms with Crippen molar-refractivity contribution in [3.63, 3.8) is 0 Å². The van der Waals surface area contributed by atoms with Crippen molar-refractivity contribution in [1.29, 1.82) is 0 Å². The van der Waals surface area contributed by atoms with Crippen LogP contribution in [0.5, 0.6) is 0 Å². The number of nitrogens with two attached hydrogens (primary N) is 1. The Hall–Kier alpha value is -1.61. The Morgan fingerprint density at radius 2 is 2.22 bits per heavy atom. The molecule has 102 valence electrons. The van der Waals surface area contributed by atoms with E-state index in [1.165, 1.54) is 13.8 Å². The maximum absolute atomic E-state index is 12.0. The molecule has 0 bridgehead atoms. The van der Waals surface area contributed by atoms with Gasteiger partial charge in [-0.15, -0.1) is 0 Å². The van der Waals surface area contributed by atoms with Crippen LogP contribution in [-0.2, 0) is 10.0 Å². The van der Waals surface area contributed by atoms with E-state index in [2.05, 4.69) is 15.0 Å². The van der Waals surface area contributed by atoms with Crippen LogP contribution in [0.15, 0.2) is 14.6 Å². The summed E-state index contributed by atoms with van der Waals surface area (Å²) in [5.41, 5.74) is 5.65. The molecule has 1 aromatic heterocycles. The fourth-order valence-corrected chi connectivity index (χ4v) is 2.82. The summed E-state index contributed by atoms with van der Waals surface area (Å²) in [6.07, 6.45) is 0. The Labute approximate surface area is 105 Å². The SMILES string of the molecule is Cc1noc(C)c1S(=O)(=O)NCC(C)/C(N)=N/O. The summed E-state index contributed by atoms with van der Waals surface area (Å²) in [4.78, 5) is 0.0224. The summed E-state index contributed by atoms with van der Waals surface area (Å²) in [5, 5.41) is 14.9. The van der Waals surface area contributed by atoms with Gasteiger partial charge >= 0.3 is 0 Å². The van der Waals surface area contributed by atoms with Gasteiger partial charge in [-0.05, 0) is 13.8 Å². The van der Waals surface area contributed by atoms with Gasteiger partial charge in [0.15, 0.2) is 5.76 Å². The molecule has 9 heteroatoms. The van der Waals surface area contributed by atoms with Gasteiger partial charge in [-0.2, -0.15) is 0 Å². The van der Waals surface area contributed by atoms with Crippen molar-refractivity contribution in [2.24, 2.45) is 16.8 Å². The van der Waals surface area contributed by atoms with Crippen molar-refractivity contribution in [1.82, 2.24) is 9.88 Å². The summed E-state index contributed by atoms with van der Waals surface area (Å²) in [7, 11) is -3.71. The molecular weight excluding hydrogens is 260 g/mol. The lowest BCUT2D eigenvalue weighted by molar-refractivity contribution is 0.314. The molecule has 0 aliphatic rings. The quantitative estimate of drug-likeness (QED) is 0.299. The lowest BCUT2D eigenvalue weighted by Crippen LogP contribution is -2.35. The zero-order chi connectivity index (χ0) is 13.9. The van der Waals surface area contributed by atoms with E-state index in [-0.39, 0.29) is 28.7 Å². The summed E-state index contributed by atoms with van der Waals surface area (Å²) in [6.45, 7) is 4.70. The second kappa shape index (κ2) is 5.36. The topological polar surface area (TPSA) is 131 Å². The molecule has 0 aliphatic carbocycles. The molecule has 1 unspecified atom stereocenters. The summed E-state index contributed by atoms with van der Waals surface area (Å²) in [5.74, 6) is -0.252. The highest BCUT2D eigenvalue weighted by atomic mass is 32.2. The van der Waals surface area contributed by atoms with Crippen molar-refractivity contribution in [2.75, 3.05) is 6.54 Å². The highest BCUT2D eigenvalue weighted by molar-refractivity contribution is 7.89. The van der Waals surface area contributed by atoms with E-state index in [9.17, 15) is 8.42 Å². The van der Waals surface area contributed by atoms with Crippen molar-refractivity contribution < 1.29 is 18.1 Å².